The number of Topliss-reactive ketones (excluding diaryl/α,β-unsaturated/α-hetero) is 2. The lowest BCUT2D eigenvalue weighted by molar-refractivity contribution is -0.127. The van der Waals surface area contributed by atoms with E-state index in [4.69, 9.17) is 4.74 Å². The molecule has 164 valence electrons. The van der Waals surface area contributed by atoms with Gasteiger partial charge in [-0.05, 0) is 54.5 Å². The van der Waals surface area contributed by atoms with E-state index in [1.807, 2.05) is 13.0 Å². The molecule has 5 heteroatoms. The summed E-state index contributed by atoms with van der Waals surface area (Å²) in [7, 11) is 0. The molecule has 4 nitrogen and oxygen atoms in total. The molecule has 2 heterocycles. The number of carbonyl (C=O) groups is 2. The smallest absolute Gasteiger partial charge is 0.154 e. The maximum Gasteiger partial charge on any atom is 0.154 e. The van der Waals surface area contributed by atoms with Crippen LogP contribution in [0.2, 0.25) is 0 Å². The van der Waals surface area contributed by atoms with Crippen molar-refractivity contribution in [2.45, 2.75) is 64.1 Å². The number of ketones is 2. The van der Waals surface area contributed by atoms with Crippen molar-refractivity contribution >= 4 is 11.6 Å². The van der Waals surface area contributed by atoms with Gasteiger partial charge >= 0.3 is 0 Å². The Balaban J connectivity index is 1.56. The van der Waals surface area contributed by atoms with Gasteiger partial charge in [0.2, 0.25) is 0 Å². The third kappa shape index (κ3) is 2.82. The summed E-state index contributed by atoms with van der Waals surface area (Å²) in [6, 6.07) is 10.7. The van der Waals surface area contributed by atoms with Gasteiger partial charge in [0.1, 0.15) is 17.8 Å². The van der Waals surface area contributed by atoms with Gasteiger partial charge in [-0.25, -0.2) is 4.39 Å². The number of fused-ring (bicyclic) bond motifs is 5. The fourth-order valence-electron chi connectivity index (χ4n) is 6.43. The van der Waals surface area contributed by atoms with Crippen LogP contribution in [-0.4, -0.2) is 23.8 Å². The number of carbonyl (C=O) groups excluding carboxylic acids is 2. The van der Waals surface area contributed by atoms with Crippen LogP contribution < -0.4 is 0 Å². The topological polar surface area (TPSA) is 67.2 Å². The first kappa shape index (κ1) is 21.0. The van der Waals surface area contributed by atoms with Crippen molar-refractivity contribution in [3.05, 3.63) is 69.5 Å². The van der Waals surface area contributed by atoms with E-state index < -0.39 is 29.7 Å². The third-order valence-corrected chi connectivity index (χ3v) is 7.69. The summed E-state index contributed by atoms with van der Waals surface area (Å²) in [6.07, 6.45) is 1.21. The highest BCUT2D eigenvalue weighted by atomic mass is 19.1. The van der Waals surface area contributed by atoms with Gasteiger partial charge in [-0.3, -0.25) is 9.59 Å². The lowest BCUT2D eigenvalue weighted by Gasteiger charge is -2.27. The quantitative estimate of drug-likeness (QED) is 0.666. The Morgan fingerprint density at radius 1 is 1.09 bits per heavy atom. The molecule has 1 unspecified atom stereocenters. The Bertz CT molecular complexity index is 1150. The van der Waals surface area contributed by atoms with Crippen LogP contribution >= 0.6 is 0 Å². The number of benzene rings is 2. The zero-order valence-corrected chi connectivity index (χ0v) is 18.5. The first-order chi connectivity index (χ1) is 15.4. The first-order valence-electron chi connectivity index (χ1n) is 11.4. The van der Waals surface area contributed by atoms with E-state index in [-0.39, 0.29) is 29.2 Å². The van der Waals surface area contributed by atoms with Crippen molar-refractivity contribution in [2.75, 3.05) is 0 Å². The molecule has 6 atom stereocenters. The lowest BCUT2D eigenvalue weighted by Crippen LogP contribution is -2.34. The minimum atomic E-state index is -0.744. The summed E-state index contributed by atoms with van der Waals surface area (Å²) in [5.41, 5.74) is 4.76. The molecule has 0 amide bonds. The molecule has 0 spiro atoms. The first-order valence-corrected chi connectivity index (χ1v) is 11.4. The molecule has 5 rings (SSSR count). The SMILES string of the molecule is CCc1cc(C)cc(CC)c1C1C(=O)[C@@H]2[C@@H]3O[C@@H](C[C@H]3c3cccc(F)c3C#N)[C@@H]2C1=O. The summed E-state index contributed by atoms with van der Waals surface area (Å²) >= 11 is 0. The van der Waals surface area contributed by atoms with Gasteiger partial charge in [-0.2, -0.15) is 5.26 Å². The minimum absolute atomic E-state index is 0.0126. The van der Waals surface area contributed by atoms with Crippen molar-refractivity contribution in [1.82, 2.24) is 0 Å². The van der Waals surface area contributed by atoms with E-state index in [9.17, 15) is 19.2 Å². The fourth-order valence-corrected chi connectivity index (χ4v) is 6.43. The van der Waals surface area contributed by atoms with Crippen LogP contribution in [0.1, 0.15) is 65.5 Å². The van der Waals surface area contributed by atoms with Crippen molar-refractivity contribution in [2.24, 2.45) is 11.8 Å². The number of hydrogen-bond acceptors (Lipinski definition) is 4. The Kier molecular flexibility index (Phi) is 5.02. The van der Waals surface area contributed by atoms with E-state index in [0.717, 1.165) is 35.1 Å². The summed E-state index contributed by atoms with van der Waals surface area (Å²) in [5, 5.41) is 9.49. The van der Waals surface area contributed by atoms with Gasteiger partial charge < -0.3 is 4.74 Å². The molecular weight excluding hydrogens is 405 g/mol. The predicted molar refractivity (Wildman–Crippen MR) is 117 cm³/mol. The molecule has 0 N–H and O–H groups in total. The zero-order valence-electron chi connectivity index (χ0n) is 18.5. The highest BCUT2D eigenvalue weighted by Gasteiger charge is 2.66. The van der Waals surface area contributed by atoms with Gasteiger partial charge in [0, 0.05) is 5.92 Å². The lowest BCUT2D eigenvalue weighted by atomic mass is 9.72. The van der Waals surface area contributed by atoms with E-state index in [0.29, 0.717) is 12.0 Å². The monoisotopic (exact) mass is 431 g/mol. The van der Waals surface area contributed by atoms with Crippen LogP contribution in [0.15, 0.2) is 30.3 Å². The van der Waals surface area contributed by atoms with Crippen molar-refractivity contribution in [3.8, 4) is 6.07 Å². The number of rotatable bonds is 4. The maximum atomic E-state index is 14.3. The predicted octanol–water partition coefficient (Wildman–Crippen LogP) is 4.55. The molecule has 3 aliphatic rings. The van der Waals surface area contributed by atoms with Gasteiger partial charge in [0.05, 0.1) is 29.6 Å². The molecule has 2 aromatic carbocycles. The number of ether oxygens (including phenoxy) is 1. The maximum absolute atomic E-state index is 14.3. The molecule has 2 aromatic rings. The molecule has 1 aliphatic carbocycles. The van der Waals surface area contributed by atoms with Gasteiger partial charge in [0.15, 0.2) is 11.6 Å². The van der Waals surface area contributed by atoms with Crippen LogP contribution in [0.25, 0.3) is 0 Å². The Hall–Kier alpha value is -2.84. The van der Waals surface area contributed by atoms with Crippen molar-refractivity contribution < 1.29 is 18.7 Å². The number of aryl methyl sites for hydroxylation is 3. The summed E-state index contributed by atoms with van der Waals surface area (Å²) in [5.74, 6) is -2.62. The van der Waals surface area contributed by atoms with E-state index >= 15 is 0 Å². The molecule has 2 saturated heterocycles. The molecule has 0 radical (unpaired) electrons. The van der Waals surface area contributed by atoms with E-state index in [1.54, 1.807) is 12.1 Å². The summed E-state index contributed by atoms with van der Waals surface area (Å²) in [6.45, 7) is 6.15. The van der Waals surface area contributed by atoms with Gasteiger partial charge in [-0.1, -0.05) is 43.7 Å². The normalized spacial score (nSPS) is 30.6. The Morgan fingerprint density at radius 3 is 2.38 bits per heavy atom. The summed E-state index contributed by atoms with van der Waals surface area (Å²) < 4.78 is 20.4. The highest BCUT2D eigenvalue weighted by Crippen LogP contribution is 2.57. The van der Waals surface area contributed by atoms with Crippen LogP contribution in [0.3, 0.4) is 0 Å². The largest absolute Gasteiger partial charge is 0.373 e. The number of nitrogens with zero attached hydrogens (tertiary/aromatic N) is 1. The average molecular weight is 432 g/mol. The van der Waals surface area contributed by atoms with Crippen LogP contribution in [0, 0.1) is 35.9 Å². The molecule has 3 fully saturated rings. The molecule has 32 heavy (non-hydrogen) atoms. The fraction of sp³-hybridized carbons (Fsp3) is 0.444. The minimum Gasteiger partial charge on any atom is -0.373 e. The second-order valence-corrected chi connectivity index (χ2v) is 9.29. The molecule has 1 saturated carbocycles. The Morgan fingerprint density at radius 2 is 1.75 bits per heavy atom. The van der Waals surface area contributed by atoms with Gasteiger partial charge in [-0.15, -0.1) is 0 Å². The zero-order chi connectivity index (χ0) is 22.7. The molecule has 2 aliphatic heterocycles. The van der Waals surface area contributed by atoms with Crippen LogP contribution in [0.5, 0.6) is 0 Å². The standard InChI is InChI=1S/C27H26FNO3/c1-4-14-9-13(3)10-15(5-2)21(14)23-25(30)22-20-11-17(27(32-20)24(22)26(23)31)16-7-6-8-19(28)18(16)12-29/h6-10,17,20,22-24,27H,4-5,11H2,1-3H3/t17-,20-,22-,23?,24+,27+/m0/s1. The van der Waals surface area contributed by atoms with Crippen molar-refractivity contribution in [1.29, 1.82) is 5.26 Å². The Labute approximate surface area is 187 Å². The van der Waals surface area contributed by atoms with Crippen LogP contribution in [-0.2, 0) is 27.2 Å². The number of hydrogen-bond donors (Lipinski definition) is 0. The van der Waals surface area contributed by atoms with E-state index in [1.165, 1.54) is 6.07 Å². The molecular formula is C27H26FNO3. The second-order valence-electron chi connectivity index (χ2n) is 9.29. The van der Waals surface area contributed by atoms with Gasteiger partial charge in [0.25, 0.3) is 0 Å². The highest BCUT2D eigenvalue weighted by molar-refractivity contribution is 6.17. The van der Waals surface area contributed by atoms with E-state index in [2.05, 4.69) is 26.0 Å². The molecule has 2 bridgehead atoms. The van der Waals surface area contributed by atoms with Crippen LogP contribution in [0.4, 0.5) is 4.39 Å². The van der Waals surface area contributed by atoms with Crippen molar-refractivity contribution in [3.63, 3.8) is 0 Å². The summed E-state index contributed by atoms with van der Waals surface area (Å²) in [4.78, 5) is 27.4. The third-order valence-electron chi connectivity index (χ3n) is 7.69. The molecule has 0 aromatic heterocycles. The second kappa shape index (κ2) is 7.64. The average Bonchev–Trinajstić information content (AvgIpc) is 3.44. The number of nitriles is 1. The number of halogens is 1.